The zero-order valence-electron chi connectivity index (χ0n) is 11.2. The maximum atomic E-state index is 10.9. The van der Waals surface area contributed by atoms with E-state index in [1.807, 2.05) is 24.3 Å². The number of ether oxygens (including phenoxy) is 1. The topological polar surface area (TPSA) is 58.6 Å². The summed E-state index contributed by atoms with van der Waals surface area (Å²) in [6, 6.07) is 7.85. The molecule has 0 saturated heterocycles. The molecule has 0 amide bonds. The van der Waals surface area contributed by atoms with Gasteiger partial charge in [0.25, 0.3) is 0 Å². The van der Waals surface area contributed by atoms with E-state index in [1.165, 1.54) is 0 Å². The average Bonchev–Trinajstić information content (AvgIpc) is 2.35. The molecule has 100 valence electrons. The molecule has 0 saturated carbocycles. The molecule has 0 fully saturated rings. The monoisotopic (exact) mass is 251 g/mol. The molecule has 18 heavy (non-hydrogen) atoms. The van der Waals surface area contributed by atoms with Gasteiger partial charge in [0.15, 0.2) is 0 Å². The molecule has 0 spiro atoms. The van der Waals surface area contributed by atoms with Gasteiger partial charge in [-0.2, -0.15) is 0 Å². The molecule has 0 aliphatic heterocycles. The molecule has 2 N–H and O–H groups in total. The van der Waals surface area contributed by atoms with E-state index in [1.54, 1.807) is 21.0 Å². The van der Waals surface area contributed by atoms with Crippen LogP contribution in [-0.4, -0.2) is 31.3 Å². The van der Waals surface area contributed by atoms with Gasteiger partial charge in [-0.1, -0.05) is 18.2 Å². The largest absolute Gasteiger partial charge is 0.496 e. The van der Waals surface area contributed by atoms with Crippen LogP contribution in [-0.2, 0) is 11.2 Å². The second-order valence-electron chi connectivity index (χ2n) is 4.93. The summed E-state index contributed by atoms with van der Waals surface area (Å²) in [5.74, 6) is 0.0871. The molecule has 0 unspecified atom stereocenters. The van der Waals surface area contributed by atoms with Gasteiger partial charge in [0.05, 0.1) is 12.5 Å². The quantitative estimate of drug-likeness (QED) is 0.727. The van der Waals surface area contributed by atoms with E-state index < -0.39 is 11.4 Å². The Kier molecular flexibility index (Phi) is 5.16. The maximum absolute atomic E-state index is 10.9. The molecule has 0 heterocycles. The van der Waals surface area contributed by atoms with Crippen molar-refractivity contribution in [1.82, 2.24) is 5.32 Å². The second-order valence-corrected chi connectivity index (χ2v) is 4.93. The zero-order valence-corrected chi connectivity index (χ0v) is 11.2. The summed E-state index contributed by atoms with van der Waals surface area (Å²) in [5.41, 5.74) is 0.390. The number of carboxylic acid groups (broad SMARTS) is 1. The van der Waals surface area contributed by atoms with Gasteiger partial charge >= 0.3 is 5.97 Å². The third-order valence-corrected chi connectivity index (χ3v) is 2.91. The summed E-state index contributed by atoms with van der Waals surface area (Å²) in [5, 5.41) is 12.2. The Morgan fingerprint density at radius 3 is 2.67 bits per heavy atom. The lowest BCUT2D eigenvalue weighted by molar-refractivity contribution is -0.146. The Morgan fingerprint density at radius 1 is 1.39 bits per heavy atom. The van der Waals surface area contributed by atoms with Gasteiger partial charge in [0, 0.05) is 6.54 Å². The van der Waals surface area contributed by atoms with Crippen molar-refractivity contribution in [1.29, 1.82) is 0 Å². The minimum Gasteiger partial charge on any atom is -0.496 e. The molecule has 1 aromatic carbocycles. The lowest BCUT2D eigenvalue weighted by Crippen LogP contribution is -2.36. The van der Waals surface area contributed by atoms with Crippen LogP contribution >= 0.6 is 0 Å². The third-order valence-electron chi connectivity index (χ3n) is 2.91. The Morgan fingerprint density at radius 2 is 2.06 bits per heavy atom. The molecule has 1 rings (SSSR count). The SMILES string of the molecule is COc1ccccc1CCNCC(C)(C)C(=O)O. The van der Waals surface area contributed by atoms with Crippen LogP contribution in [0.3, 0.4) is 0 Å². The van der Waals surface area contributed by atoms with Crippen molar-refractivity contribution < 1.29 is 14.6 Å². The highest BCUT2D eigenvalue weighted by molar-refractivity contribution is 5.73. The predicted octanol–water partition coefficient (Wildman–Crippen LogP) is 1.94. The lowest BCUT2D eigenvalue weighted by Gasteiger charge is -2.19. The number of para-hydroxylation sites is 1. The fourth-order valence-corrected chi connectivity index (χ4v) is 1.61. The highest BCUT2D eigenvalue weighted by Gasteiger charge is 2.26. The van der Waals surface area contributed by atoms with E-state index in [0.29, 0.717) is 6.54 Å². The normalized spacial score (nSPS) is 11.3. The minimum atomic E-state index is -0.785. The first-order valence-electron chi connectivity index (χ1n) is 6.03. The Bertz CT molecular complexity index is 402. The van der Waals surface area contributed by atoms with Crippen molar-refractivity contribution in [3.63, 3.8) is 0 Å². The number of carboxylic acids is 1. The van der Waals surface area contributed by atoms with Crippen molar-refractivity contribution >= 4 is 5.97 Å². The van der Waals surface area contributed by atoms with E-state index in [0.717, 1.165) is 24.3 Å². The third kappa shape index (κ3) is 4.04. The number of carbonyl (C=O) groups is 1. The Labute approximate surface area is 108 Å². The second kappa shape index (κ2) is 6.40. The molecule has 0 aliphatic carbocycles. The van der Waals surface area contributed by atoms with Crippen LogP contribution in [0, 0.1) is 5.41 Å². The van der Waals surface area contributed by atoms with Crippen LogP contribution in [0.4, 0.5) is 0 Å². The Hall–Kier alpha value is -1.55. The van der Waals surface area contributed by atoms with Crippen LogP contribution in [0.25, 0.3) is 0 Å². The summed E-state index contributed by atoms with van der Waals surface area (Å²) in [7, 11) is 1.65. The molecule has 4 nitrogen and oxygen atoms in total. The van der Waals surface area contributed by atoms with Gasteiger partial charge in [-0.05, 0) is 38.4 Å². The van der Waals surface area contributed by atoms with Gasteiger partial charge in [-0.25, -0.2) is 0 Å². The van der Waals surface area contributed by atoms with E-state index in [2.05, 4.69) is 5.32 Å². The highest BCUT2D eigenvalue weighted by Crippen LogP contribution is 2.17. The number of methoxy groups -OCH3 is 1. The molecular formula is C14H21NO3. The summed E-state index contributed by atoms with van der Waals surface area (Å²) in [6.07, 6.45) is 0.819. The minimum absolute atomic E-state index is 0.456. The van der Waals surface area contributed by atoms with E-state index in [9.17, 15) is 4.79 Å². The number of hydrogen-bond acceptors (Lipinski definition) is 3. The number of rotatable bonds is 7. The van der Waals surface area contributed by atoms with E-state index >= 15 is 0 Å². The summed E-state index contributed by atoms with van der Waals surface area (Å²) < 4.78 is 5.26. The summed E-state index contributed by atoms with van der Waals surface area (Å²) in [6.45, 7) is 4.62. The van der Waals surface area contributed by atoms with Crippen molar-refractivity contribution in [2.24, 2.45) is 5.41 Å². The molecule has 0 atom stereocenters. The van der Waals surface area contributed by atoms with Crippen molar-refractivity contribution in [2.45, 2.75) is 20.3 Å². The first kappa shape index (κ1) is 14.5. The van der Waals surface area contributed by atoms with Gasteiger partial charge in [0.2, 0.25) is 0 Å². The molecule has 1 aromatic rings. The smallest absolute Gasteiger partial charge is 0.310 e. The highest BCUT2D eigenvalue weighted by atomic mass is 16.5. The van der Waals surface area contributed by atoms with Crippen molar-refractivity contribution in [3.05, 3.63) is 29.8 Å². The van der Waals surface area contributed by atoms with Gasteiger partial charge in [-0.15, -0.1) is 0 Å². The molecular weight excluding hydrogens is 230 g/mol. The fraction of sp³-hybridized carbons (Fsp3) is 0.500. The van der Waals surface area contributed by atoms with Crippen LogP contribution in [0.1, 0.15) is 19.4 Å². The first-order valence-corrected chi connectivity index (χ1v) is 6.03. The van der Waals surface area contributed by atoms with Crippen LogP contribution in [0.5, 0.6) is 5.75 Å². The van der Waals surface area contributed by atoms with Crippen molar-refractivity contribution in [2.75, 3.05) is 20.2 Å². The number of nitrogens with one attached hydrogen (secondary N) is 1. The summed E-state index contributed by atoms with van der Waals surface area (Å²) in [4.78, 5) is 10.9. The molecule has 0 aliphatic rings. The van der Waals surface area contributed by atoms with Crippen LogP contribution in [0.2, 0.25) is 0 Å². The molecule has 0 bridgehead atoms. The lowest BCUT2D eigenvalue weighted by atomic mass is 9.94. The number of hydrogen-bond donors (Lipinski definition) is 2. The molecule has 0 radical (unpaired) electrons. The standard InChI is InChI=1S/C14H21NO3/c1-14(2,13(16)17)10-15-9-8-11-6-4-5-7-12(11)18-3/h4-7,15H,8-10H2,1-3H3,(H,16,17). The van der Waals surface area contributed by atoms with E-state index in [-0.39, 0.29) is 0 Å². The van der Waals surface area contributed by atoms with Gasteiger partial charge in [0.1, 0.15) is 5.75 Å². The zero-order chi connectivity index (χ0) is 13.6. The Balaban J connectivity index is 2.41. The predicted molar refractivity (Wildman–Crippen MR) is 71.0 cm³/mol. The number of aliphatic carboxylic acids is 1. The van der Waals surface area contributed by atoms with Crippen molar-refractivity contribution in [3.8, 4) is 5.75 Å². The van der Waals surface area contributed by atoms with Gasteiger partial charge in [-0.3, -0.25) is 4.79 Å². The van der Waals surface area contributed by atoms with Gasteiger partial charge < -0.3 is 15.2 Å². The fourth-order valence-electron chi connectivity index (χ4n) is 1.61. The van der Waals surface area contributed by atoms with Crippen LogP contribution < -0.4 is 10.1 Å². The molecule has 4 heteroatoms. The molecule has 0 aromatic heterocycles. The average molecular weight is 251 g/mol. The number of benzene rings is 1. The maximum Gasteiger partial charge on any atom is 0.310 e. The summed E-state index contributed by atoms with van der Waals surface area (Å²) >= 11 is 0. The first-order chi connectivity index (χ1) is 8.47. The van der Waals surface area contributed by atoms with E-state index in [4.69, 9.17) is 9.84 Å². The van der Waals surface area contributed by atoms with Crippen LogP contribution in [0.15, 0.2) is 24.3 Å².